The van der Waals surface area contributed by atoms with Crippen LogP contribution in [0.2, 0.25) is 0 Å². The molecule has 0 fully saturated rings. The first-order chi connectivity index (χ1) is 7.68. The Hall–Kier alpha value is -0.760. The summed E-state index contributed by atoms with van der Waals surface area (Å²) in [6.07, 6.45) is 1.95. The Morgan fingerprint density at radius 2 is 1.76 bits per heavy atom. The van der Waals surface area contributed by atoms with Crippen LogP contribution in [-0.2, 0) is 5.41 Å². The number of halogens is 1. The van der Waals surface area contributed by atoms with Crippen LogP contribution < -0.4 is 4.90 Å². The number of alkyl halides is 1. The summed E-state index contributed by atoms with van der Waals surface area (Å²) in [6.45, 7) is 10.8. The molecule has 0 saturated heterocycles. The summed E-state index contributed by atoms with van der Waals surface area (Å²) in [5.41, 5.74) is 1.31. The molecule has 0 saturated carbocycles. The van der Waals surface area contributed by atoms with E-state index in [0.29, 0.717) is 5.88 Å². The molecule has 1 heterocycles. The summed E-state index contributed by atoms with van der Waals surface area (Å²) in [5.74, 6) is 1.54. The van der Waals surface area contributed by atoms with E-state index in [9.17, 15) is 0 Å². The molecule has 3 heteroatoms. The lowest BCUT2D eigenvalue weighted by Gasteiger charge is -2.35. The van der Waals surface area contributed by atoms with Crippen LogP contribution in [0.15, 0.2) is 18.3 Å². The quantitative estimate of drug-likeness (QED) is 0.762. The zero-order valence-electron chi connectivity index (χ0n) is 11.7. The number of hydrogen-bond donors (Lipinski definition) is 0. The van der Waals surface area contributed by atoms with E-state index >= 15 is 0 Å². The van der Waals surface area contributed by atoms with E-state index in [1.54, 1.807) is 0 Å². The van der Waals surface area contributed by atoms with Gasteiger partial charge in [0.1, 0.15) is 5.82 Å². The van der Waals surface area contributed by atoms with Crippen molar-refractivity contribution < 1.29 is 0 Å². The smallest absolute Gasteiger partial charge is 0.128 e. The second-order valence-corrected chi connectivity index (χ2v) is 6.43. The van der Waals surface area contributed by atoms with E-state index in [-0.39, 0.29) is 11.0 Å². The van der Waals surface area contributed by atoms with E-state index in [4.69, 9.17) is 11.6 Å². The Kier molecular flexibility index (Phi) is 4.08. The van der Waals surface area contributed by atoms with Crippen LogP contribution >= 0.6 is 11.6 Å². The van der Waals surface area contributed by atoms with E-state index in [1.165, 1.54) is 5.56 Å². The summed E-state index contributed by atoms with van der Waals surface area (Å²) in [7, 11) is 2.03. The maximum absolute atomic E-state index is 5.97. The van der Waals surface area contributed by atoms with Gasteiger partial charge in [-0.05, 0) is 30.9 Å². The van der Waals surface area contributed by atoms with Crippen LogP contribution in [0.1, 0.15) is 40.2 Å². The molecule has 0 amide bonds. The number of nitrogens with zero attached hydrogens (tertiary/aromatic N) is 2. The second-order valence-electron chi connectivity index (χ2n) is 6.16. The molecule has 2 nitrogen and oxygen atoms in total. The third kappa shape index (κ3) is 3.35. The summed E-state index contributed by atoms with van der Waals surface area (Å²) in [4.78, 5) is 6.64. The van der Waals surface area contributed by atoms with Crippen LogP contribution in [0.25, 0.3) is 0 Å². The molecule has 0 radical (unpaired) electrons. The minimum atomic E-state index is -0.0855. The van der Waals surface area contributed by atoms with Gasteiger partial charge in [0, 0.05) is 24.7 Å². The van der Waals surface area contributed by atoms with Gasteiger partial charge in [0.25, 0.3) is 0 Å². The van der Waals surface area contributed by atoms with Crippen LogP contribution in [-0.4, -0.2) is 23.5 Å². The molecule has 0 atom stereocenters. The van der Waals surface area contributed by atoms with Crippen LogP contribution in [0.4, 0.5) is 5.82 Å². The molecule has 96 valence electrons. The molecule has 17 heavy (non-hydrogen) atoms. The van der Waals surface area contributed by atoms with Gasteiger partial charge < -0.3 is 4.90 Å². The lowest BCUT2D eigenvalue weighted by atomic mass is 9.88. The number of rotatable bonds is 3. The molecule has 0 N–H and O–H groups in total. The molecule has 1 aromatic rings. The second kappa shape index (κ2) is 4.85. The number of anilines is 1. The highest BCUT2D eigenvalue weighted by Gasteiger charge is 2.24. The average Bonchev–Trinajstić information content (AvgIpc) is 2.27. The maximum atomic E-state index is 5.97. The predicted molar refractivity (Wildman–Crippen MR) is 76.1 cm³/mol. The summed E-state index contributed by atoms with van der Waals surface area (Å²) < 4.78 is 0. The van der Waals surface area contributed by atoms with Gasteiger partial charge in [-0.25, -0.2) is 4.98 Å². The fourth-order valence-electron chi connectivity index (χ4n) is 1.43. The largest absolute Gasteiger partial charge is 0.353 e. The highest BCUT2D eigenvalue weighted by atomic mass is 35.5. The van der Waals surface area contributed by atoms with E-state index in [1.807, 2.05) is 13.2 Å². The summed E-state index contributed by atoms with van der Waals surface area (Å²) in [5, 5.41) is 0. The van der Waals surface area contributed by atoms with Gasteiger partial charge in [0.2, 0.25) is 0 Å². The monoisotopic (exact) mass is 254 g/mol. The first kappa shape index (κ1) is 14.3. The Morgan fingerprint density at radius 3 is 2.12 bits per heavy atom. The van der Waals surface area contributed by atoms with Gasteiger partial charge in [0.05, 0.1) is 0 Å². The molecular weight excluding hydrogens is 232 g/mol. The minimum absolute atomic E-state index is 0.0855. The summed E-state index contributed by atoms with van der Waals surface area (Å²) in [6, 6.07) is 4.21. The van der Waals surface area contributed by atoms with E-state index < -0.39 is 0 Å². The van der Waals surface area contributed by atoms with Crippen molar-refractivity contribution in [2.45, 2.75) is 45.6 Å². The Bertz CT molecular complexity index is 363. The van der Waals surface area contributed by atoms with E-state index in [2.05, 4.69) is 56.6 Å². The topological polar surface area (TPSA) is 16.1 Å². The molecular formula is C14H23ClN2. The standard InChI is InChI=1S/C14H23ClN2/c1-13(2,3)11-7-8-12(16-9-11)17(6)14(4,5)10-15/h7-9H,10H2,1-6H3. The Balaban J connectivity index is 2.96. The van der Waals surface area contributed by atoms with Crippen LogP contribution in [0, 0.1) is 0 Å². The fraction of sp³-hybridized carbons (Fsp3) is 0.643. The Morgan fingerprint density at radius 1 is 1.18 bits per heavy atom. The summed E-state index contributed by atoms with van der Waals surface area (Å²) >= 11 is 5.97. The molecule has 0 aliphatic rings. The number of aromatic nitrogens is 1. The van der Waals surface area contributed by atoms with Crippen molar-refractivity contribution in [3.63, 3.8) is 0 Å². The molecule has 0 bridgehead atoms. The van der Waals surface area contributed by atoms with Gasteiger partial charge in [-0.1, -0.05) is 26.8 Å². The minimum Gasteiger partial charge on any atom is -0.353 e. The lowest BCUT2D eigenvalue weighted by molar-refractivity contribution is 0.538. The van der Waals surface area contributed by atoms with E-state index in [0.717, 1.165) is 5.82 Å². The first-order valence-corrected chi connectivity index (χ1v) is 6.48. The zero-order chi connectivity index (χ0) is 13.3. The van der Waals surface area contributed by atoms with Gasteiger partial charge >= 0.3 is 0 Å². The Labute approximate surface area is 110 Å². The number of pyridine rings is 1. The highest BCUT2D eigenvalue weighted by molar-refractivity contribution is 6.18. The third-order valence-electron chi connectivity index (χ3n) is 3.19. The first-order valence-electron chi connectivity index (χ1n) is 5.95. The van der Waals surface area contributed by atoms with Crippen molar-refractivity contribution in [3.05, 3.63) is 23.9 Å². The molecule has 1 rings (SSSR count). The van der Waals surface area contributed by atoms with Crippen molar-refractivity contribution in [3.8, 4) is 0 Å². The predicted octanol–water partition coefficient (Wildman–Crippen LogP) is 3.83. The maximum Gasteiger partial charge on any atom is 0.128 e. The van der Waals surface area contributed by atoms with Crippen molar-refractivity contribution in [2.75, 3.05) is 17.8 Å². The third-order valence-corrected chi connectivity index (χ3v) is 3.85. The van der Waals surface area contributed by atoms with Crippen molar-refractivity contribution in [1.29, 1.82) is 0 Å². The molecule has 0 aromatic carbocycles. The average molecular weight is 255 g/mol. The molecule has 0 spiro atoms. The molecule has 0 aliphatic heterocycles. The van der Waals surface area contributed by atoms with Crippen LogP contribution in [0.5, 0.6) is 0 Å². The van der Waals surface area contributed by atoms with Gasteiger partial charge in [-0.15, -0.1) is 11.6 Å². The molecule has 1 aromatic heterocycles. The van der Waals surface area contributed by atoms with Crippen molar-refractivity contribution in [2.24, 2.45) is 0 Å². The fourth-order valence-corrected chi connectivity index (χ4v) is 1.61. The highest BCUT2D eigenvalue weighted by Crippen LogP contribution is 2.25. The van der Waals surface area contributed by atoms with Gasteiger partial charge in [0.15, 0.2) is 0 Å². The zero-order valence-corrected chi connectivity index (χ0v) is 12.5. The van der Waals surface area contributed by atoms with Gasteiger partial charge in [-0.2, -0.15) is 0 Å². The number of hydrogen-bond acceptors (Lipinski definition) is 2. The van der Waals surface area contributed by atoms with Crippen molar-refractivity contribution in [1.82, 2.24) is 4.98 Å². The normalized spacial score (nSPS) is 12.6. The van der Waals surface area contributed by atoms with Crippen LogP contribution in [0.3, 0.4) is 0 Å². The molecule has 0 unspecified atom stereocenters. The SMILES string of the molecule is CN(c1ccc(C(C)(C)C)cn1)C(C)(C)CCl. The molecule has 0 aliphatic carbocycles. The lowest BCUT2D eigenvalue weighted by Crippen LogP contribution is -2.43. The van der Waals surface area contributed by atoms with Crippen molar-refractivity contribution >= 4 is 17.4 Å². The van der Waals surface area contributed by atoms with Gasteiger partial charge in [-0.3, -0.25) is 0 Å².